The minimum Gasteiger partial charge on any atom is -0.388 e. The predicted octanol–water partition coefficient (Wildman–Crippen LogP) is 3.91. The van der Waals surface area contributed by atoms with Crippen molar-refractivity contribution in [2.45, 2.75) is 0 Å². The number of rotatable bonds is 3. The number of nitrogens with one attached hydrogen (secondary N) is 1. The first-order valence-electron chi connectivity index (χ1n) is 6.01. The van der Waals surface area contributed by atoms with Gasteiger partial charge in [0.1, 0.15) is 5.01 Å². The quantitative estimate of drug-likeness (QED) is 0.781. The lowest BCUT2D eigenvalue weighted by Crippen LogP contribution is -1.86. The fourth-order valence-electron chi connectivity index (χ4n) is 1.84. The SMILES string of the molecule is CNc1ccc(-c2nc(-c3ccncc3)cs2)cc1. The summed E-state index contributed by atoms with van der Waals surface area (Å²) < 4.78 is 0. The number of hydrogen-bond donors (Lipinski definition) is 1. The molecular formula is C15H13N3S. The van der Waals surface area contributed by atoms with Crippen LogP contribution in [0.5, 0.6) is 0 Å². The van der Waals surface area contributed by atoms with Gasteiger partial charge in [0.25, 0.3) is 0 Å². The van der Waals surface area contributed by atoms with Gasteiger partial charge in [-0.1, -0.05) is 0 Å². The van der Waals surface area contributed by atoms with E-state index in [2.05, 4.69) is 44.9 Å². The van der Waals surface area contributed by atoms with Crippen LogP contribution < -0.4 is 5.32 Å². The standard InChI is InChI=1S/C15H13N3S/c1-16-13-4-2-12(3-5-13)15-18-14(10-19-15)11-6-8-17-9-7-11/h2-10,16H,1H3. The Morgan fingerprint density at radius 2 is 1.68 bits per heavy atom. The summed E-state index contributed by atoms with van der Waals surface area (Å²) in [4.78, 5) is 8.70. The lowest BCUT2D eigenvalue weighted by atomic mass is 10.2. The molecule has 0 spiro atoms. The predicted molar refractivity (Wildman–Crippen MR) is 80.3 cm³/mol. The van der Waals surface area contributed by atoms with Crippen molar-refractivity contribution >= 4 is 17.0 Å². The van der Waals surface area contributed by atoms with Crippen molar-refractivity contribution in [2.75, 3.05) is 12.4 Å². The number of aromatic nitrogens is 2. The van der Waals surface area contributed by atoms with Gasteiger partial charge in [0, 0.05) is 41.6 Å². The minimum atomic E-state index is 1.00. The van der Waals surface area contributed by atoms with Crippen LogP contribution in [0.2, 0.25) is 0 Å². The second-order valence-electron chi connectivity index (χ2n) is 4.10. The molecule has 0 radical (unpaired) electrons. The maximum Gasteiger partial charge on any atom is 0.124 e. The Kier molecular flexibility index (Phi) is 3.25. The highest BCUT2D eigenvalue weighted by molar-refractivity contribution is 7.13. The Morgan fingerprint density at radius 1 is 0.947 bits per heavy atom. The summed E-state index contributed by atoms with van der Waals surface area (Å²) in [6.45, 7) is 0. The van der Waals surface area contributed by atoms with Crippen molar-refractivity contribution in [3.8, 4) is 21.8 Å². The van der Waals surface area contributed by atoms with Gasteiger partial charge >= 0.3 is 0 Å². The topological polar surface area (TPSA) is 37.8 Å². The van der Waals surface area contributed by atoms with Gasteiger partial charge in [-0.15, -0.1) is 11.3 Å². The molecule has 94 valence electrons. The Bertz CT molecular complexity index is 659. The molecule has 0 atom stereocenters. The molecule has 1 N–H and O–H groups in total. The fraction of sp³-hybridized carbons (Fsp3) is 0.0667. The van der Waals surface area contributed by atoms with Crippen molar-refractivity contribution in [3.05, 3.63) is 54.2 Å². The smallest absolute Gasteiger partial charge is 0.124 e. The van der Waals surface area contributed by atoms with Crippen LogP contribution in [-0.2, 0) is 0 Å². The lowest BCUT2D eigenvalue weighted by Gasteiger charge is -2.00. The molecule has 3 rings (SSSR count). The molecule has 2 heterocycles. The molecule has 3 nitrogen and oxygen atoms in total. The van der Waals surface area contributed by atoms with Crippen molar-refractivity contribution in [1.82, 2.24) is 9.97 Å². The number of hydrogen-bond acceptors (Lipinski definition) is 4. The highest BCUT2D eigenvalue weighted by Gasteiger charge is 2.06. The van der Waals surface area contributed by atoms with Crippen LogP contribution in [0.4, 0.5) is 5.69 Å². The van der Waals surface area contributed by atoms with Crippen LogP contribution in [0, 0.1) is 0 Å². The fourth-order valence-corrected chi connectivity index (χ4v) is 2.68. The van der Waals surface area contributed by atoms with E-state index >= 15 is 0 Å². The summed E-state index contributed by atoms with van der Waals surface area (Å²) in [5.74, 6) is 0. The second-order valence-corrected chi connectivity index (χ2v) is 4.96. The Hall–Kier alpha value is -2.20. The van der Waals surface area contributed by atoms with E-state index < -0.39 is 0 Å². The normalized spacial score (nSPS) is 10.4. The van der Waals surface area contributed by atoms with Crippen LogP contribution >= 0.6 is 11.3 Å². The third kappa shape index (κ3) is 2.48. The third-order valence-electron chi connectivity index (χ3n) is 2.90. The molecule has 0 aliphatic rings. The Morgan fingerprint density at radius 3 is 2.37 bits per heavy atom. The Labute approximate surface area is 116 Å². The van der Waals surface area contributed by atoms with E-state index in [-0.39, 0.29) is 0 Å². The van der Waals surface area contributed by atoms with Gasteiger partial charge in [-0.25, -0.2) is 4.98 Å². The molecule has 0 unspecified atom stereocenters. The zero-order chi connectivity index (χ0) is 13.1. The average Bonchev–Trinajstić information content (AvgIpc) is 2.98. The van der Waals surface area contributed by atoms with E-state index in [0.29, 0.717) is 0 Å². The van der Waals surface area contributed by atoms with Gasteiger partial charge in [0.15, 0.2) is 0 Å². The van der Waals surface area contributed by atoms with Crippen molar-refractivity contribution < 1.29 is 0 Å². The number of thiazole rings is 1. The first-order chi connectivity index (χ1) is 9.36. The maximum absolute atomic E-state index is 4.68. The molecule has 19 heavy (non-hydrogen) atoms. The van der Waals surface area contributed by atoms with Gasteiger partial charge in [-0.3, -0.25) is 4.98 Å². The van der Waals surface area contributed by atoms with Crippen LogP contribution in [0.15, 0.2) is 54.2 Å². The summed E-state index contributed by atoms with van der Waals surface area (Å²) in [7, 11) is 1.92. The number of nitrogens with zero attached hydrogens (tertiary/aromatic N) is 2. The molecule has 0 saturated carbocycles. The molecule has 0 bridgehead atoms. The van der Waals surface area contributed by atoms with E-state index in [9.17, 15) is 0 Å². The van der Waals surface area contributed by atoms with E-state index in [1.165, 1.54) is 0 Å². The molecule has 4 heteroatoms. The van der Waals surface area contributed by atoms with Crippen LogP contribution in [0.25, 0.3) is 21.8 Å². The van der Waals surface area contributed by atoms with Crippen molar-refractivity contribution in [1.29, 1.82) is 0 Å². The first kappa shape index (κ1) is 11.9. The molecule has 1 aromatic carbocycles. The minimum absolute atomic E-state index is 1.00. The van der Waals surface area contributed by atoms with Crippen molar-refractivity contribution in [2.24, 2.45) is 0 Å². The summed E-state index contributed by atoms with van der Waals surface area (Å²) in [5, 5.41) is 6.23. The highest BCUT2D eigenvalue weighted by Crippen LogP contribution is 2.29. The van der Waals surface area contributed by atoms with E-state index in [1.54, 1.807) is 23.7 Å². The number of anilines is 1. The van der Waals surface area contributed by atoms with Gasteiger partial charge < -0.3 is 5.32 Å². The van der Waals surface area contributed by atoms with Gasteiger partial charge in [0.2, 0.25) is 0 Å². The molecular weight excluding hydrogens is 254 g/mol. The summed E-state index contributed by atoms with van der Waals surface area (Å²) in [5.41, 5.74) is 4.35. The third-order valence-corrected chi connectivity index (χ3v) is 3.79. The summed E-state index contributed by atoms with van der Waals surface area (Å²) in [6.07, 6.45) is 3.58. The lowest BCUT2D eigenvalue weighted by molar-refractivity contribution is 1.31. The molecule has 2 aromatic heterocycles. The van der Waals surface area contributed by atoms with Crippen LogP contribution in [0.3, 0.4) is 0 Å². The average molecular weight is 267 g/mol. The van der Waals surface area contributed by atoms with E-state index in [1.807, 2.05) is 19.2 Å². The summed E-state index contributed by atoms with van der Waals surface area (Å²) in [6, 6.07) is 12.2. The molecule has 0 amide bonds. The molecule has 0 aliphatic carbocycles. The number of benzene rings is 1. The van der Waals surface area contributed by atoms with E-state index in [4.69, 9.17) is 0 Å². The van der Waals surface area contributed by atoms with Gasteiger partial charge in [-0.05, 0) is 36.4 Å². The summed E-state index contributed by atoms with van der Waals surface area (Å²) >= 11 is 1.66. The van der Waals surface area contributed by atoms with E-state index in [0.717, 1.165) is 27.5 Å². The molecule has 0 saturated heterocycles. The number of pyridine rings is 1. The van der Waals surface area contributed by atoms with Gasteiger partial charge in [0.05, 0.1) is 5.69 Å². The highest BCUT2D eigenvalue weighted by atomic mass is 32.1. The van der Waals surface area contributed by atoms with Crippen LogP contribution in [-0.4, -0.2) is 17.0 Å². The largest absolute Gasteiger partial charge is 0.388 e. The molecule has 3 aromatic rings. The molecule has 0 fully saturated rings. The zero-order valence-corrected chi connectivity index (χ0v) is 11.3. The zero-order valence-electron chi connectivity index (χ0n) is 10.5. The first-order valence-corrected chi connectivity index (χ1v) is 6.89. The van der Waals surface area contributed by atoms with Gasteiger partial charge in [-0.2, -0.15) is 0 Å². The van der Waals surface area contributed by atoms with Crippen molar-refractivity contribution in [3.63, 3.8) is 0 Å². The van der Waals surface area contributed by atoms with Crippen LogP contribution in [0.1, 0.15) is 0 Å². The maximum atomic E-state index is 4.68. The monoisotopic (exact) mass is 267 g/mol. The second kappa shape index (κ2) is 5.20. The Balaban J connectivity index is 1.92. The molecule has 0 aliphatic heterocycles.